The molecule has 0 saturated heterocycles. The van der Waals surface area contributed by atoms with E-state index in [1.807, 2.05) is 43.3 Å². The Balaban J connectivity index is 1.64. The predicted octanol–water partition coefficient (Wildman–Crippen LogP) is 2.97. The lowest BCUT2D eigenvalue weighted by molar-refractivity contribution is 0.0903. The van der Waals surface area contributed by atoms with Crippen LogP contribution in [0.5, 0.6) is 5.75 Å². The van der Waals surface area contributed by atoms with Crippen molar-refractivity contribution in [1.29, 1.82) is 0 Å². The van der Waals surface area contributed by atoms with Crippen LogP contribution in [0.25, 0.3) is 0 Å². The molecule has 5 nitrogen and oxygen atoms in total. The molecule has 5 heteroatoms. The zero-order valence-corrected chi connectivity index (χ0v) is 14.6. The van der Waals surface area contributed by atoms with E-state index in [1.165, 1.54) is 0 Å². The zero-order valence-electron chi connectivity index (χ0n) is 14.6. The number of ether oxygens (including phenoxy) is 1. The fourth-order valence-corrected chi connectivity index (χ4v) is 3.25. The van der Waals surface area contributed by atoms with Crippen molar-refractivity contribution in [2.75, 3.05) is 6.54 Å². The van der Waals surface area contributed by atoms with Gasteiger partial charge in [-0.05, 0) is 49.6 Å². The minimum Gasteiger partial charge on any atom is -0.487 e. The van der Waals surface area contributed by atoms with Crippen LogP contribution in [0, 0.1) is 6.92 Å². The summed E-state index contributed by atoms with van der Waals surface area (Å²) >= 11 is 0. The quantitative estimate of drug-likeness (QED) is 0.848. The normalized spacial score (nSPS) is 15.8. The second-order valence-corrected chi connectivity index (χ2v) is 6.77. The highest BCUT2D eigenvalue weighted by molar-refractivity contribution is 5.94. The predicted molar refractivity (Wildman–Crippen MR) is 97.5 cm³/mol. The molecule has 3 N–H and O–H groups in total. The summed E-state index contributed by atoms with van der Waals surface area (Å²) in [5.74, 6) is 0.652. The van der Waals surface area contributed by atoms with Crippen LogP contribution >= 0.6 is 0 Å². The first kappa shape index (κ1) is 17.4. The monoisotopic (exact) mass is 339 g/mol. The fraction of sp³-hybridized carbons (Fsp3) is 0.400. The van der Waals surface area contributed by atoms with E-state index in [2.05, 4.69) is 10.3 Å². The number of aromatic nitrogens is 1. The smallest absolute Gasteiger partial charge is 0.251 e. The average molecular weight is 339 g/mol. The maximum Gasteiger partial charge on any atom is 0.251 e. The van der Waals surface area contributed by atoms with Crippen LogP contribution < -0.4 is 15.8 Å². The van der Waals surface area contributed by atoms with Crippen molar-refractivity contribution in [1.82, 2.24) is 10.3 Å². The van der Waals surface area contributed by atoms with Gasteiger partial charge >= 0.3 is 0 Å². The standard InChI is InChI=1S/C20H25N3O2/c1-15-7-8-18(12-22-15)25-13-16-5-4-6-17(11-16)19(24)23-20(14-21)9-2-3-10-20/h4-8,11-12H,2-3,9-10,13-14,21H2,1H3,(H,23,24). The highest BCUT2D eigenvalue weighted by Crippen LogP contribution is 2.29. The van der Waals surface area contributed by atoms with Crippen molar-refractivity contribution in [3.63, 3.8) is 0 Å². The van der Waals surface area contributed by atoms with Gasteiger partial charge < -0.3 is 15.8 Å². The molecule has 2 aromatic rings. The Kier molecular flexibility index (Phi) is 5.34. The van der Waals surface area contributed by atoms with Crippen LogP contribution in [0.1, 0.15) is 47.3 Å². The summed E-state index contributed by atoms with van der Waals surface area (Å²) < 4.78 is 5.74. The number of nitrogens with zero attached hydrogens (tertiary/aromatic N) is 1. The topological polar surface area (TPSA) is 77.2 Å². The third-order valence-corrected chi connectivity index (χ3v) is 4.81. The van der Waals surface area contributed by atoms with Crippen molar-refractivity contribution in [3.8, 4) is 5.75 Å². The molecule has 132 valence electrons. The first-order chi connectivity index (χ1) is 12.1. The number of benzene rings is 1. The summed E-state index contributed by atoms with van der Waals surface area (Å²) in [6.07, 6.45) is 5.86. The zero-order chi connectivity index (χ0) is 17.7. The van der Waals surface area contributed by atoms with Crippen molar-refractivity contribution >= 4 is 5.91 Å². The van der Waals surface area contributed by atoms with Gasteiger partial charge in [-0.15, -0.1) is 0 Å². The van der Waals surface area contributed by atoms with Crippen molar-refractivity contribution in [2.24, 2.45) is 5.73 Å². The molecule has 0 bridgehead atoms. The molecule has 1 amide bonds. The van der Waals surface area contributed by atoms with Crippen LogP contribution in [-0.2, 0) is 6.61 Å². The van der Waals surface area contributed by atoms with Crippen molar-refractivity contribution < 1.29 is 9.53 Å². The largest absolute Gasteiger partial charge is 0.487 e. The Morgan fingerprint density at radius 3 is 2.76 bits per heavy atom. The molecular weight excluding hydrogens is 314 g/mol. The molecule has 1 aliphatic rings. The number of hydrogen-bond acceptors (Lipinski definition) is 4. The molecule has 0 spiro atoms. The molecule has 1 aromatic heterocycles. The number of nitrogens with two attached hydrogens (primary N) is 1. The number of aryl methyl sites for hydroxylation is 1. The van der Waals surface area contributed by atoms with Gasteiger partial charge in [-0.1, -0.05) is 25.0 Å². The molecular formula is C20H25N3O2. The van der Waals surface area contributed by atoms with Crippen molar-refractivity contribution in [2.45, 2.75) is 44.8 Å². The minimum absolute atomic E-state index is 0.0637. The molecule has 0 radical (unpaired) electrons. The average Bonchev–Trinajstić information content (AvgIpc) is 3.10. The summed E-state index contributed by atoms with van der Waals surface area (Å²) in [4.78, 5) is 16.8. The Hall–Kier alpha value is -2.40. The first-order valence-electron chi connectivity index (χ1n) is 8.77. The highest BCUT2D eigenvalue weighted by atomic mass is 16.5. The molecule has 1 heterocycles. The van der Waals surface area contributed by atoms with Crippen LogP contribution in [0.4, 0.5) is 0 Å². The molecule has 1 aliphatic carbocycles. The van der Waals surface area contributed by atoms with E-state index in [1.54, 1.807) is 6.20 Å². The molecule has 0 atom stereocenters. The van der Waals surface area contributed by atoms with E-state index in [0.29, 0.717) is 24.5 Å². The minimum atomic E-state index is -0.239. The van der Waals surface area contributed by atoms with Gasteiger partial charge in [0.05, 0.1) is 11.7 Å². The molecule has 3 rings (SSSR count). The van der Waals surface area contributed by atoms with Crippen molar-refractivity contribution in [3.05, 3.63) is 59.4 Å². The number of carbonyl (C=O) groups excluding carboxylic acids is 1. The second-order valence-electron chi connectivity index (χ2n) is 6.77. The molecule has 0 unspecified atom stereocenters. The Morgan fingerprint density at radius 1 is 1.28 bits per heavy atom. The summed E-state index contributed by atoms with van der Waals surface area (Å²) in [7, 11) is 0. The maximum atomic E-state index is 12.6. The van der Waals surface area contributed by atoms with Crippen LogP contribution in [0.2, 0.25) is 0 Å². The molecule has 1 saturated carbocycles. The van der Waals surface area contributed by atoms with Gasteiger partial charge in [0.25, 0.3) is 5.91 Å². The lowest BCUT2D eigenvalue weighted by Gasteiger charge is -2.28. The molecule has 0 aliphatic heterocycles. The Bertz CT molecular complexity index is 722. The third-order valence-electron chi connectivity index (χ3n) is 4.81. The van der Waals surface area contributed by atoms with E-state index >= 15 is 0 Å². The number of carbonyl (C=O) groups is 1. The summed E-state index contributed by atoms with van der Waals surface area (Å²) in [6, 6.07) is 11.3. The lowest BCUT2D eigenvalue weighted by atomic mass is 9.97. The molecule has 1 aromatic carbocycles. The van der Waals surface area contributed by atoms with Crippen LogP contribution in [0.15, 0.2) is 42.6 Å². The van der Waals surface area contributed by atoms with Gasteiger partial charge in [0, 0.05) is 17.8 Å². The van der Waals surface area contributed by atoms with Gasteiger partial charge in [-0.3, -0.25) is 9.78 Å². The molecule has 1 fully saturated rings. The van der Waals surface area contributed by atoms with E-state index in [9.17, 15) is 4.79 Å². The number of pyridine rings is 1. The molecule has 25 heavy (non-hydrogen) atoms. The second kappa shape index (κ2) is 7.66. The first-order valence-corrected chi connectivity index (χ1v) is 8.77. The van der Waals surface area contributed by atoms with Gasteiger partial charge in [0.2, 0.25) is 0 Å². The van der Waals surface area contributed by atoms with Crippen LogP contribution in [0.3, 0.4) is 0 Å². The fourth-order valence-electron chi connectivity index (χ4n) is 3.25. The van der Waals surface area contributed by atoms with E-state index < -0.39 is 0 Å². The Labute approximate surface area is 148 Å². The summed E-state index contributed by atoms with van der Waals surface area (Å²) in [5.41, 5.74) is 8.21. The number of nitrogens with one attached hydrogen (secondary N) is 1. The van der Waals surface area contributed by atoms with Gasteiger partial charge in [0.15, 0.2) is 0 Å². The SMILES string of the molecule is Cc1ccc(OCc2cccc(C(=O)NC3(CN)CCCC3)c2)cn1. The highest BCUT2D eigenvalue weighted by Gasteiger charge is 2.34. The lowest BCUT2D eigenvalue weighted by Crippen LogP contribution is -2.51. The summed E-state index contributed by atoms with van der Waals surface area (Å²) in [6.45, 7) is 2.82. The third kappa shape index (κ3) is 4.37. The van der Waals surface area contributed by atoms with E-state index in [-0.39, 0.29) is 11.4 Å². The van der Waals surface area contributed by atoms with Gasteiger partial charge in [0.1, 0.15) is 12.4 Å². The van der Waals surface area contributed by atoms with Crippen LogP contribution in [-0.4, -0.2) is 23.0 Å². The maximum absolute atomic E-state index is 12.6. The van der Waals surface area contributed by atoms with E-state index in [4.69, 9.17) is 10.5 Å². The Morgan fingerprint density at radius 2 is 2.08 bits per heavy atom. The summed E-state index contributed by atoms with van der Waals surface area (Å²) in [5, 5.41) is 3.15. The number of rotatable bonds is 6. The number of hydrogen-bond donors (Lipinski definition) is 2. The van der Waals surface area contributed by atoms with Gasteiger partial charge in [-0.25, -0.2) is 0 Å². The van der Waals surface area contributed by atoms with Gasteiger partial charge in [-0.2, -0.15) is 0 Å². The van der Waals surface area contributed by atoms with E-state index in [0.717, 1.165) is 36.9 Å². The number of amides is 1.